The maximum atomic E-state index is 12.6. The van der Waals surface area contributed by atoms with Gasteiger partial charge in [-0.05, 0) is 43.2 Å². The highest BCUT2D eigenvalue weighted by Crippen LogP contribution is 2.26. The number of aromatic amines is 1. The van der Waals surface area contributed by atoms with Crippen molar-refractivity contribution in [2.24, 2.45) is 5.14 Å². The summed E-state index contributed by atoms with van der Waals surface area (Å²) in [5.41, 5.74) is 1.50. The number of nitrogens with one attached hydrogen (secondary N) is 1. The van der Waals surface area contributed by atoms with Crippen molar-refractivity contribution in [2.45, 2.75) is 23.7 Å². The zero-order valence-electron chi connectivity index (χ0n) is 12.5. The maximum absolute atomic E-state index is 12.6. The Kier molecular flexibility index (Phi) is 4.18. The Bertz CT molecular complexity index is 785. The number of carbonyl (C=O) groups excluding carboxylic acids is 1. The van der Waals surface area contributed by atoms with Gasteiger partial charge in [0.15, 0.2) is 0 Å². The zero-order valence-corrected chi connectivity index (χ0v) is 13.3. The lowest BCUT2D eigenvalue weighted by Gasteiger charge is -2.32. The van der Waals surface area contributed by atoms with Crippen LogP contribution < -0.4 is 5.14 Å². The molecule has 1 aromatic carbocycles. The lowest BCUT2D eigenvalue weighted by Crippen LogP contribution is -2.39. The SMILES string of the molecule is NS(=O)(=O)c1ccc(C(=O)N2CCC[C@@H](c3ccn[nH]3)C2)cc1. The van der Waals surface area contributed by atoms with Crippen molar-refractivity contribution in [1.82, 2.24) is 15.1 Å². The van der Waals surface area contributed by atoms with Crippen LogP contribution in [0.25, 0.3) is 0 Å². The Morgan fingerprint density at radius 2 is 2.00 bits per heavy atom. The summed E-state index contributed by atoms with van der Waals surface area (Å²) < 4.78 is 22.5. The number of aromatic nitrogens is 2. The molecule has 122 valence electrons. The molecule has 2 aromatic rings. The van der Waals surface area contributed by atoms with E-state index in [0.29, 0.717) is 18.7 Å². The molecular weight excluding hydrogens is 316 g/mol. The summed E-state index contributed by atoms with van der Waals surface area (Å²) >= 11 is 0. The summed E-state index contributed by atoms with van der Waals surface area (Å²) in [6.45, 7) is 1.32. The average Bonchev–Trinajstić information content (AvgIpc) is 3.08. The average molecular weight is 334 g/mol. The Morgan fingerprint density at radius 1 is 1.26 bits per heavy atom. The number of nitrogens with two attached hydrogens (primary N) is 1. The van der Waals surface area contributed by atoms with Crippen molar-refractivity contribution in [3.05, 3.63) is 47.8 Å². The maximum Gasteiger partial charge on any atom is 0.253 e. The van der Waals surface area contributed by atoms with Crippen LogP contribution in [-0.2, 0) is 10.0 Å². The normalized spacial score (nSPS) is 18.8. The number of hydrogen-bond donors (Lipinski definition) is 2. The van der Waals surface area contributed by atoms with Gasteiger partial charge < -0.3 is 4.90 Å². The molecule has 0 radical (unpaired) electrons. The molecule has 0 spiro atoms. The van der Waals surface area contributed by atoms with E-state index in [4.69, 9.17) is 5.14 Å². The standard InChI is InChI=1S/C15H18N4O3S/c16-23(21,22)13-5-3-11(4-6-13)15(20)19-9-1-2-12(10-19)14-7-8-17-18-14/h3-8,12H,1-2,9-10H2,(H,17,18)(H2,16,21,22)/t12-/m1/s1. The smallest absolute Gasteiger partial charge is 0.253 e. The third-order valence-corrected chi connectivity index (χ3v) is 5.03. The summed E-state index contributed by atoms with van der Waals surface area (Å²) in [4.78, 5) is 14.4. The molecule has 1 saturated heterocycles. The second-order valence-corrected chi connectivity index (χ2v) is 7.23. The highest BCUT2D eigenvalue weighted by atomic mass is 32.2. The van der Waals surface area contributed by atoms with Gasteiger partial charge >= 0.3 is 0 Å². The fourth-order valence-corrected chi connectivity index (χ4v) is 3.39. The second-order valence-electron chi connectivity index (χ2n) is 5.67. The molecule has 1 atom stereocenters. The van der Waals surface area contributed by atoms with Gasteiger partial charge in [-0.1, -0.05) is 0 Å². The number of rotatable bonds is 3. The van der Waals surface area contributed by atoms with E-state index in [1.165, 1.54) is 24.3 Å². The van der Waals surface area contributed by atoms with Gasteiger partial charge in [0.25, 0.3) is 5.91 Å². The van der Waals surface area contributed by atoms with E-state index in [1.807, 2.05) is 6.07 Å². The third kappa shape index (κ3) is 3.43. The molecule has 8 heteroatoms. The largest absolute Gasteiger partial charge is 0.338 e. The molecule has 1 fully saturated rings. The van der Waals surface area contributed by atoms with Crippen LogP contribution in [0.5, 0.6) is 0 Å². The van der Waals surface area contributed by atoms with Crippen LogP contribution >= 0.6 is 0 Å². The number of sulfonamides is 1. The van der Waals surface area contributed by atoms with Crippen molar-refractivity contribution in [2.75, 3.05) is 13.1 Å². The minimum absolute atomic E-state index is 0.00281. The molecule has 1 amide bonds. The highest BCUT2D eigenvalue weighted by Gasteiger charge is 2.26. The van der Waals surface area contributed by atoms with E-state index < -0.39 is 10.0 Å². The Hall–Kier alpha value is -2.19. The summed E-state index contributed by atoms with van der Waals surface area (Å²) in [6.07, 6.45) is 3.64. The van der Waals surface area contributed by atoms with Gasteiger partial charge in [-0.15, -0.1) is 0 Å². The number of nitrogens with zero attached hydrogens (tertiary/aromatic N) is 2. The fraction of sp³-hybridized carbons (Fsp3) is 0.333. The van der Waals surface area contributed by atoms with E-state index >= 15 is 0 Å². The Labute approximate surface area is 134 Å². The van der Waals surface area contributed by atoms with Gasteiger partial charge in [0.05, 0.1) is 4.90 Å². The van der Waals surface area contributed by atoms with Gasteiger partial charge in [-0.25, -0.2) is 13.6 Å². The molecule has 1 aliphatic heterocycles. The van der Waals surface area contributed by atoms with Gasteiger partial charge in [0, 0.05) is 36.5 Å². The number of amides is 1. The monoisotopic (exact) mass is 334 g/mol. The van der Waals surface area contributed by atoms with Crippen LogP contribution in [0.15, 0.2) is 41.4 Å². The number of H-pyrrole nitrogens is 1. The second kappa shape index (κ2) is 6.13. The van der Waals surface area contributed by atoms with Gasteiger partial charge in [-0.2, -0.15) is 5.10 Å². The highest BCUT2D eigenvalue weighted by molar-refractivity contribution is 7.89. The van der Waals surface area contributed by atoms with E-state index in [2.05, 4.69) is 10.2 Å². The molecule has 0 unspecified atom stereocenters. The topological polar surface area (TPSA) is 109 Å². The lowest BCUT2D eigenvalue weighted by molar-refractivity contribution is 0.0705. The number of primary sulfonamides is 1. The molecule has 23 heavy (non-hydrogen) atoms. The first kappa shape index (κ1) is 15.7. The van der Waals surface area contributed by atoms with Crippen LogP contribution in [0, 0.1) is 0 Å². The number of benzene rings is 1. The number of likely N-dealkylation sites (tertiary alicyclic amines) is 1. The molecule has 7 nitrogen and oxygen atoms in total. The summed E-state index contributed by atoms with van der Waals surface area (Å²) in [5, 5.41) is 12.0. The summed E-state index contributed by atoms with van der Waals surface area (Å²) in [7, 11) is -3.74. The van der Waals surface area contributed by atoms with Gasteiger partial charge in [0.2, 0.25) is 10.0 Å². The van der Waals surface area contributed by atoms with Crippen molar-refractivity contribution in [3.8, 4) is 0 Å². The van der Waals surface area contributed by atoms with E-state index in [9.17, 15) is 13.2 Å². The van der Waals surface area contributed by atoms with Crippen molar-refractivity contribution < 1.29 is 13.2 Å². The van der Waals surface area contributed by atoms with Gasteiger partial charge in [0.1, 0.15) is 0 Å². The van der Waals surface area contributed by atoms with Crippen molar-refractivity contribution in [1.29, 1.82) is 0 Å². The number of hydrogen-bond acceptors (Lipinski definition) is 4. The Balaban J connectivity index is 1.75. The van der Waals surface area contributed by atoms with Crippen LogP contribution in [0.3, 0.4) is 0 Å². The zero-order chi connectivity index (χ0) is 16.4. The molecule has 1 aromatic heterocycles. The van der Waals surface area contributed by atoms with Crippen LogP contribution in [-0.4, -0.2) is 42.5 Å². The van der Waals surface area contributed by atoms with Crippen molar-refractivity contribution in [3.63, 3.8) is 0 Å². The predicted octanol–water partition coefficient (Wildman–Crippen LogP) is 1.08. The van der Waals surface area contributed by atoms with Crippen molar-refractivity contribution >= 4 is 15.9 Å². The number of piperidine rings is 1. The van der Waals surface area contributed by atoms with Crippen LogP contribution in [0.2, 0.25) is 0 Å². The molecule has 0 aliphatic carbocycles. The Morgan fingerprint density at radius 3 is 2.61 bits per heavy atom. The minimum atomic E-state index is -3.74. The summed E-state index contributed by atoms with van der Waals surface area (Å²) in [5.74, 6) is 0.147. The van der Waals surface area contributed by atoms with Crippen LogP contribution in [0.4, 0.5) is 0 Å². The molecule has 3 rings (SSSR count). The molecule has 3 N–H and O–H groups in total. The van der Waals surface area contributed by atoms with Gasteiger partial charge in [-0.3, -0.25) is 9.89 Å². The first-order chi connectivity index (χ1) is 10.9. The molecule has 1 aliphatic rings. The molecular formula is C15H18N4O3S. The first-order valence-electron chi connectivity index (χ1n) is 7.36. The molecule has 0 saturated carbocycles. The minimum Gasteiger partial charge on any atom is -0.338 e. The molecule has 0 bridgehead atoms. The van der Waals surface area contributed by atoms with E-state index in [0.717, 1.165) is 18.5 Å². The predicted molar refractivity (Wildman–Crippen MR) is 84.3 cm³/mol. The summed E-state index contributed by atoms with van der Waals surface area (Å²) in [6, 6.07) is 7.65. The quantitative estimate of drug-likeness (QED) is 0.875. The van der Waals surface area contributed by atoms with E-state index in [-0.39, 0.29) is 16.7 Å². The third-order valence-electron chi connectivity index (χ3n) is 4.10. The first-order valence-corrected chi connectivity index (χ1v) is 8.91. The molecule has 2 heterocycles. The van der Waals surface area contributed by atoms with E-state index in [1.54, 1.807) is 11.1 Å². The fourth-order valence-electron chi connectivity index (χ4n) is 2.88. The lowest BCUT2D eigenvalue weighted by atomic mass is 9.94. The number of carbonyl (C=O) groups is 1. The van der Waals surface area contributed by atoms with Crippen LogP contribution in [0.1, 0.15) is 34.8 Å².